The molecule has 21 heavy (non-hydrogen) atoms. The van der Waals surface area contributed by atoms with Gasteiger partial charge in [-0.1, -0.05) is 0 Å². The van der Waals surface area contributed by atoms with Gasteiger partial charge in [0.15, 0.2) is 0 Å². The van der Waals surface area contributed by atoms with Crippen molar-refractivity contribution in [2.45, 2.75) is 6.92 Å². The molecule has 0 unspecified atom stereocenters. The molecule has 0 aliphatic heterocycles. The Labute approximate surface area is 120 Å². The van der Waals surface area contributed by atoms with Crippen LogP contribution in [0.5, 0.6) is 0 Å². The van der Waals surface area contributed by atoms with Crippen molar-refractivity contribution in [2.24, 2.45) is 0 Å². The van der Waals surface area contributed by atoms with Gasteiger partial charge in [0.05, 0.1) is 5.39 Å². The molecule has 2 rings (SSSR count). The summed E-state index contributed by atoms with van der Waals surface area (Å²) in [6.45, 7) is 1.89. The average molecular weight is 290 g/mol. The molecule has 0 saturated carbocycles. The number of carbonyl (C=O) groups is 2. The summed E-state index contributed by atoms with van der Waals surface area (Å²) >= 11 is 0. The second kappa shape index (κ2) is 6.17. The number of aromatic nitrogens is 1. The van der Waals surface area contributed by atoms with Crippen LogP contribution in [0.4, 0.5) is 10.1 Å². The van der Waals surface area contributed by atoms with Crippen LogP contribution in [0.2, 0.25) is 0 Å². The van der Waals surface area contributed by atoms with E-state index in [1.165, 1.54) is 25.3 Å². The van der Waals surface area contributed by atoms with Gasteiger partial charge in [-0.2, -0.15) is 0 Å². The van der Waals surface area contributed by atoms with Gasteiger partial charge in [-0.15, -0.1) is 0 Å². The van der Waals surface area contributed by atoms with E-state index in [2.05, 4.69) is 15.6 Å². The number of hydrogen-bond acceptors (Lipinski definition) is 4. The largest absolute Gasteiger partial charge is 0.398 e. The maximum absolute atomic E-state index is 13.9. The van der Waals surface area contributed by atoms with E-state index in [-0.39, 0.29) is 30.1 Å². The van der Waals surface area contributed by atoms with Crippen molar-refractivity contribution in [1.82, 2.24) is 15.6 Å². The number of carbonyl (C=O) groups excluding carboxylic acids is 2. The van der Waals surface area contributed by atoms with Crippen molar-refractivity contribution < 1.29 is 14.0 Å². The van der Waals surface area contributed by atoms with E-state index in [1.807, 2.05) is 0 Å². The molecule has 0 saturated heterocycles. The van der Waals surface area contributed by atoms with E-state index < -0.39 is 11.7 Å². The number of pyridine rings is 1. The molecule has 0 bridgehead atoms. The third-order valence-electron chi connectivity index (χ3n) is 2.91. The number of nitrogens with zero attached hydrogens (tertiary/aromatic N) is 1. The summed E-state index contributed by atoms with van der Waals surface area (Å²) in [6, 6.07) is 4.20. The van der Waals surface area contributed by atoms with Gasteiger partial charge < -0.3 is 16.4 Å². The Morgan fingerprint density at radius 1 is 1.24 bits per heavy atom. The fourth-order valence-corrected chi connectivity index (χ4v) is 1.95. The molecule has 0 aliphatic rings. The van der Waals surface area contributed by atoms with Gasteiger partial charge in [0.1, 0.15) is 11.5 Å². The number of hydrogen-bond donors (Lipinski definition) is 3. The Morgan fingerprint density at radius 2 is 1.95 bits per heavy atom. The molecule has 110 valence electrons. The monoisotopic (exact) mass is 290 g/mol. The van der Waals surface area contributed by atoms with E-state index in [0.717, 1.165) is 0 Å². The van der Waals surface area contributed by atoms with Crippen LogP contribution >= 0.6 is 0 Å². The third kappa shape index (κ3) is 3.25. The van der Waals surface area contributed by atoms with Gasteiger partial charge in [0.25, 0.3) is 5.91 Å². The van der Waals surface area contributed by atoms with Crippen LogP contribution in [-0.4, -0.2) is 29.9 Å². The maximum Gasteiger partial charge on any atom is 0.270 e. The molecule has 0 aliphatic carbocycles. The summed E-state index contributed by atoms with van der Waals surface area (Å²) in [5.41, 5.74) is 6.12. The number of nitrogens with two attached hydrogens (primary N) is 1. The number of fused-ring (bicyclic) bond motifs is 1. The molecule has 7 heteroatoms. The first-order valence-corrected chi connectivity index (χ1v) is 6.36. The molecule has 0 spiro atoms. The molecule has 1 aromatic heterocycles. The molecule has 1 heterocycles. The third-order valence-corrected chi connectivity index (χ3v) is 2.91. The van der Waals surface area contributed by atoms with Crippen molar-refractivity contribution in [3.05, 3.63) is 35.9 Å². The van der Waals surface area contributed by atoms with Gasteiger partial charge in [0, 0.05) is 37.3 Å². The summed E-state index contributed by atoms with van der Waals surface area (Å²) in [4.78, 5) is 26.7. The summed E-state index contributed by atoms with van der Waals surface area (Å²) in [5, 5.41) is 5.65. The zero-order valence-corrected chi connectivity index (χ0v) is 11.4. The van der Waals surface area contributed by atoms with E-state index in [1.54, 1.807) is 6.07 Å². The van der Waals surface area contributed by atoms with Crippen molar-refractivity contribution in [1.29, 1.82) is 0 Å². The predicted octanol–water partition coefficient (Wildman–Crippen LogP) is 0.822. The van der Waals surface area contributed by atoms with Crippen LogP contribution in [0.1, 0.15) is 17.4 Å². The molecular weight excluding hydrogens is 275 g/mol. The lowest BCUT2D eigenvalue weighted by atomic mass is 10.1. The molecule has 0 atom stereocenters. The minimum atomic E-state index is -0.556. The number of nitrogens with one attached hydrogen (secondary N) is 2. The molecule has 1 aromatic carbocycles. The highest BCUT2D eigenvalue weighted by molar-refractivity contribution is 6.08. The number of halogens is 1. The predicted molar refractivity (Wildman–Crippen MR) is 77.1 cm³/mol. The highest BCUT2D eigenvalue weighted by atomic mass is 19.1. The topological polar surface area (TPSA) is 97.1 Å². The van der Waals surface area contributed by atoms with E-state index in [0.29, 0.717) is 11.1 Å². The summed E-state index contributed by atoms with van der Waals surface area (Å²) in [7, 11) is 0. The SMILES string of the molecule is CC(=O)NCCNC(=O)c1nccc2c(N)ccc(F)c12. The molecule has 0 radical (unpaired) electrons. The van der Waals surface area contributed by atoms with E-state index >= 15 is 0 Å². The van der Waals surface area contributed by atoms with Gasteiger partial charge >= 0.3 is 0 Å². The molecule has 6 nitrogen and oxygen atoms in total. The van der Waals surface area contributed by atoms with Crippen LogP contribution in [0.25, 0.3) is 10.8 Å². The van der Waals surface area contributed by atoms with E-state index in [4.69, 9.17) is 5.73 Å². The highest BCUT2D eigenvalue weighted by Gasteiger charge is 2.15. The molecular formula is C14H15FN4O2. The average Bonchev–Trinajstić information content (AvgIpc) is 2.46. The molecule has 2 aromatic rings. The number of benzene rings is 1. The Bertz CT molecular complexity index is 703. The number of amides is 2. The lowest BCUT2D eigenvalue weighted by molar-refractivity contribution is -0.118. The van der Waals surface area contributed by atoms with Gasteiger partial charge in [-0.3, -0.25) is 14.6 Å². The first-order chi connectivity index (χ1) is 10.0. The minimum absolute atomic E-state index is 0.0277. The van der Waals surface area contributed by atoms with Crippen LogP contribution in [-0.2, 0) is 4.79 Å². The van der Waals surface area contributed by atoms with Crippen LogP contribution in [0, 0.1) is 5.82 Å². The lowest BCUT2D eigenvalue weighted by Gasteiger charge is -2.09. The second-order valence-electron chi connectivity index (χ2n) is 4.46. The van der Waals surface area contributed by atoms with Crippen molar-refractivity contribution in [3.63, 3.8) is 0 Å². The molecule has 0 fully saturated rings. The smallest absolute Gasteiger partial charge is 0.270 e. The Balaban J connectivity index is 2.24. The first kappa shape index (κ1) is 14.7. The number of rotatable bonds is 4. The normalized spacial score (nSPS) is 10.4. The summed E-state index contributed by atoms with van der Waals surface area (Å²) in [6.07, 6.45) is 1.40. The Hall–Kier alpha value is -2.70. The zero-order chi connectivity index (χ0) is 15.4. The fraction of sp³-hybridized carbons (Fsp3) is 0.214. The quantitative estimate of drug-likeness (QED) is 0.573. The lowest BCUT2D eigenvalue weighted by Crippen LogP contribution is -2.34. The standard InChI is InChI=1S/C14H15FN4O2/c1-8(20)17-6-7-19-14(21)13-12-9(4-5-18-13)11(16)3-2-10(12)15/h2-5H,6-7,16H2,1H3,(H,17,20)(H,19,21). The van der Waals surface area contributed by atoms with E-state index in [9.17, 15) is 14.0 Å². The first-order valence-electron chi connectivity index (χ1n) is 6.36. The van der Waals surface area contributed by atoms with Crippen molar-refractivity contribution in [2.75, 3.05) is 18.8 Å². The Morgan fingerprint density at radius 3 is 2.67 bits per heavy atom. The molecule has 4 N–H and O–H groups in total. The number of anilines is 1. The van der Waals surface area contributed by atoms with Crippen molar-refractivity contribution in [3.8, 4) is 0 Å². The Kier molecular flexibility index (Phi) is 4.32. The maximum atomic E-state index is 13.9. The van der Waals surface area contributed by atoms with Gasteiger partial charge in [0.2, 0.25) is 5.91 Å². The fourth-order valence-electron chi connectivity index (χ4n) is 1.95. The molecule has 2 amide bonds. The van der Waals surface area contributed by atoms with Crippen LogP contribution in [0.15, 0.2) is 24.4 Å². The summed E-state index contributed by atoms with van der Waals surface area (Å²) < 4.78 is 13.9. The summed E-state index contributed by atoms with van der Waals surface area (Å²) in [5.74, 6) is -1.26. The highest BCUT2D eigenvalue weighted by Crippen LogP contribution is 2.25. The van der Waals surface area contributed by atoms with Crippen LogP contribution in [0.3, 0.4) is 0 Å². The van der Waals surface area contributed by atoms with Gasteiger partial charge in [-0.05, 0) is 18.2 Å². The minimum Gasteiger partial charge on any atom is -0.398 e. The second-order valence-corrected chi connectivity index (χ2v) is 4.46. The number of nitrogen functional groups attached to an aromatic ring is 1. The van der Waals surface area contributed by atoms with Crippen LogP contribution < -0.4 is 16.4 Å². The van der Waals surface area contributed by atoms with Crippen molar-refractivity contribution >= 4 is 28.3 Å². The van der Waals surface area contributed by atoms with Gasteiger partial charge in [-0.25, -0.2) is 4.39 Å². The zero-order valence-electron chi connectivity index (χ0n) is 11.4.